The van der Waals surface area contributed by atoms with Gasteiger partial charge in [0.25, 0.3) is 0 Å². The minimum absolute atomic E-state index is 0.0164. The van der Waals surface area contributed by atoms with E-state index in [1.165, 1.54) is 17.6 Å². The van der Waals surface area contributed by atoms with Gasteiger partial charge in [-0.1, -0.05) is 47.7 Å². The number of hydrogen-bond donors (Lipinski definition) is 1. The van der Waals surface area contributed by atoms with Crippen molar-refractivity contribution in [2.24, 2.45) is 5.73 Å². The highest BCUT2D eigenvalue weighted by atomic mass is 19.4. The number of rotatable bonds is 7. The number of nitrogens with zero attached hydrogens (tertiary/aromatic N) is 5. The highest BCUT2D eigenvalue weighted by Crippen LogP contribution is 2.34. The number of amides is 1. The number of carbonyl (C=O) groups is 2. The molecule has 2 aromatic heterocycles. The highest BCUT2D eigenvalue weighted by molar-refractivity contribution is 6.08. The lowest BCUT2D eigenvalue weighted by atomic mass is 9.82. The molecule has 0 aliphatic rings. The lowest BCUT2D eigenvalue weighted by molar-refractivity contribution is -0.141. The van der Waals surface area contributed by atoms with Gasteiger partial charge in [0.2, 0.25) is 11.7 Å². The molecule has 0 aliphatic heterocycles. The Bertz CT molecular complexity index is 1920. The summed E-state index contributed by atoms with van der Waals surface area (Å²) >= 11 is 0. The van der Waals surface area contributed by atoms with E-state index in [0.29, 0.717) is 16.7 Å². The maximum absolute atomic E-state index is 13.6. The standard InChI is InChI=1S/C31H24F6N6O2/c1-17-40-26(31(35,36)37)16-42(17)23-12-9-20(19-5-4-6-22(13-19)29(2,3)28(38)45)14-24(23)43-25(15-39-41-43)27(44)18-7-10-21(11-8-18)30(32,33)34/h4-16H,1-3H3,(H2,38,45). The smallest absolute Gasteiger partial charge is 0.369 e. The minimum atomic E-state index is -4.74. The summed E-state index contributed by atoms with van der Waals surface area (Å²) < 4.78 is 82.2. The fraction of sp³-hybridized carbons (Fsp3) is 0.194. The summed E-state index contributed by atoms with van der Waals surface area (Å²) in [5, 5.41) is 7.85. The lowest BCUT2D eigenvalue weighted by Crippen LogP contribution is -2.35. The van der Waals surface area contributed by atoms with Crippen molar-refractivity contribution in [1.29, 1.82) is 0 Å². The molecule has 232 valence electrons. The van der Waals surface area contributed by atoms with E-state index >= 15 is 0 Å². The first-order valence-corrected chi connectivity index (χ1v) is 13.3. The molecule has 8 nitrogen and oxygen atoms in total. The number of imidazole rings is 1. The molecule has 0 spiro atoms. The van der Waals surface area contributed by atoms with Crippen molar-refractivity contribution < 1.29 is 35.9 Å². The molecule has 0 unspecified atom stereocenters. The molecule has 0 fully saturated rings. The van der Waals surface area contributed by atoms with Crippen LogP contribution in [0.25, 0.3) is 22.5 Å². The van der Waals surface area contributed by atoms with E-state index in [9.17, 15) is 35.9 Å². The molecule has 0 saturated carbocycles. The summed E-state index contributed by atoms with van der Waals surface area (Å²) in [5.74, 6) is -1.30. The zero-order valence-corrected chi connectivity index (χ0v) is 23.9. The van der Waals surface area contributed by atoms with E-state index in [0.717, 1.165) is 41.3 Å². The van der Waals surface area contributed by atoms with Gasteiger partial charge in [0, 0.05) is 11.8 Å². The molecular weight excluding hydrogens is 602 g/mol. The molecular formula is C31H24F6N6O2. The summed E-state index contributed by atoms with van der Waals surface area (Å²) in [6, 6.07) is 15.2. The fourth-order valence-corrected chi connectivity index (χ4v) is 4.69. The van der Waals surface area contributed by atoms with Crippen molar-refractivity contribution in [2.45, 2.75) is 38.5 Å². The number of aryl methyl sites for hydroxylation is 1. The Morgan fingerprint density at radius 3 is 2.07 bits per heavy atom. The Morgan fingerprint density at radius 2 is 1.47 bits per heavy atom. The molecule has 0 atom stereocenters. The lowest BCUT2D eigenvalue weighted by Gasteiger charge is -2.22. The van der Waals surface area contributed by atoms with Gasteiger partial charge in [-0.05, 0) is 61.7 Å². The van der Waals surface area contributed by atoms with Crippen LogP contribution in [0.1, 0.15) is 52.5 Å². The highest BCUT2D eigenvalue weighted by Gasteiger charge is 2.35. The molecule has 1 amide bonds. The van der Waals surface area contributed by atoms with Gasteiger partial charge in [0.05, 0.1) is 28.6 Å². The number of carbonyl (C=O) groups excluding carboxylic acids is 2. The van der Waals surface area contributed by atoms with Crippen molar-refractivity contribution in [3.05, 3.63) is 113 Å². The van der Waals surface area contributed by atoms with Crippen LogP contribution in [0, 0.1) is 6.92 Å². The minimum Gasteiger partial charge on any atom is -0.369 e. The molecule has 45 heavy (non-hydrogen) atoms. The number of halogens is 6. The number of benzene rings is 3. The van der Waals surface area contributed by atoms with Gasteiger partial charge in [-0.15, -0.1) is 5.10 Å². The van der Waals surface area contributed by atoms with Crippen LogP contribution in [0.3, 0.4) is 0 Å². The molecule has 0 saturated heterocycles. The van der Waals surface area contributed by atoms with Gasteiger partial charge in [0.1, 0.15) is 11.5 Å². The Labute approximate surface area is 252 Å². The molecule has 3 aromatic carbocycles. The normalized spacial score (nSPS) is 12.4. The summed E-state index contributed by atoms with van der Waals surface area (Å²) in [7, 11) is 0. The molecule has 0 bridgehead atoms. The second kappa shape index (κ2) is 11.0. The average Bonchev–Trinajstić information content (AvgIpc) is 3.63. The van der Waals surface area contributed by atoms with Gasteiger partial charge in [-0.25, -0.2) is 9.67 Å². The van der Waals surface area contributed by atoms with E-state index in [2.05, 4.69) is 15.3 Å². The maximum atomic E-state index is 13.6. The molecule has 5 rings (SSSR count). The fourth-order valence-electron chi connectivity index (χ4n) is 4.69. The van der Waals surface area contributed by atoms with Crippen molar-refractivity contribution >= 4 is 11.7 Å². The zero-order chi connectivity index (χ0) is 32.9. The van der Waals surface area contributed by atoms with Crippen molar-refractivity contribution in [2.75, 3.05) is 0 Å². The number of aromatic nitrogens is 5. The van der Waals surface area contributed by atoms with Crippen LogP contribution in [0.2, 0.25) is 0 Å². The van der Waals surface area contributed by atoms with Gasteiger partial charge >= 0.3 is 12.4 Å². The van der Waals surface area contributed by atoms with Crippen LogP contribution in [0.15, 0.2) is 79.1 Å². The number of alkyl halides is 6. The van der Waals surface area contributed by atoms with Crippen LogP contribution in [-0.4, -0.2) is 36.2 Å². The summed E-state index contributed by atoms with van der Waals surface area (Å²) in [6.45, 7) is 4.70. The maximum Gasteiger partial charge on any atom is 0.434 e. The zero-order valence-electron chi connectivity index (χ0n) is 23.9. The van der Waals surface area contributed by atoms with Crippen LogP contribution in [0.5, 0.6) is 0 Å². The topological polar surface area (TPSA) is 109 Å². The predicted octanol–water partition coefficient (Wildman–Crippen LogP) is 6.46. The van der Waals surface area contributed by atoms with E-state index in [1.54, 1.807) is 50.2 Å². The SMILES string of the molecule is Cc1nc(C(F)(F)F)cn1-c1ccc(-c2cccc(C(C)(C)C(N)=O)c2)cc1-n1nncc1C(=O)c1ccc(C(F)(F)F)cc1. The predicted molar refractivity (Wildman–Crippen MR) is 151 cm³/mol. The average molecular weight is 627 g/mol. The van der Waals surface area contributed by atoms with E-state index < -0.39 is 40.7 Å². The van der Waals surface area contributed by atoms with Gasteiger partial charge < -0.3 is 10.3 Å². The van der Waals surface area contributed by atoms with Gasteiger partial charge in [-0.3, -0.25) is 9.59 Å². The number of hydrogen-bond acceptors (Lipinski definition) is 5. The van der Waals surface area contributed by atoms with E-state index in [4.69, 9.17) is 5.73 Å². The monoisotopic (exact) mass is 626 g/mol. The quantitative estimate of drug-likeness (QED) is 0.165. The number of primary amides is 1. The largest absolute Gasteiger partial charge is 0.434 e. The van der Waals surface area contributed by atoms with Gasteiger partial charge in [0.15, 0.2) is 5.69 Å². The van der Waals surface area contributed by atoms with E-state index in [-0.39, 0.29) is 28.5 Å². The Hall–Kier alpha value is -5.27. The molecule has 14 heteroatoms. The third kappa shape index (κ3) is 5.95. The number of nitrogens with two attached hydrogens (primary N) is 1. The van der Waals surface area contributed by atoms with Crippen molar-refractivity contribution in [3.63, 3.8) is 0 Å². The summed E-state index contributed by atoms with van der Waals surface area (Å²) in [4.78, 5) is 29.2. The Kier molecular flexibility index (Phi) is 7.63. The molecule has 0 aliphatic carbocycles. The first kappa shape index (κ1) is 31.2. The molecule has 2 heterocycles. The van der Waals surface area contributed by atoms with Crippen LogP contribution in [-0.2, 0) is 22.6 Å². The van der Waals surface area contributed by atoms with Gasteiger partial charge in [-0.2, -0.15) is 26.3 Å². The van der Waals surface area contributed by atoms with Crippen molar-refractivity contribution in [1.82, 2.24) is 24.5 Å². The van der Waals surface area contributed by atoms with Crippen LogP contribution in [0.4, 0.5) is 26.3 Å². The van der Waals surface area contributed by atoms with Crippen molar-refractivity contribution in [3.8, 4) is 22.5 Å². The third-order valence-electron chi connectivity index (χ3n) is 7.43. The summed E-state index contributed by atoms with van der Waals surface area (Å²) in [5.41, 5.74) is 4.27. The van der Waals surface area contributed by atoms with Crippen LogP contribution >= 0.6 is 0 Å². The molecule has 0 radical (unpaired) electrons. The third-order valence-corrected chi connectivity index (χ3v) is 7.43. The second-order valence-electron chi connectivity index (χ2n) is 10.7. The first-order valence-electron chi connectivity index (χ1n) is 13.3. The first-order chi connectivity index (χ1) is 21.0. The Balaban J connectivity index is 1.68. The molecule has 5 aromatic rings. The Morgan fingerprint density at radius 1 is 0.800 bits per heavy atom. The van der Waals surface area contributed by atoms with Crippen LogP contribution < -0.4 is 5.73 Å². The molecule has 2 N–H and O–H groups in total. The van der Waals surface area contributed by atoms with E-state index in [1.807, 2.05) is 0 Å². The second-order valence-corrected chi connectivity index (χ2v) is 10.7. The summed E-state index contributed by atoms with van der Waals surface area (Å²) in [6.07, 6.45) is -7.44. The number of ketones is 1.